The SMILES string of the molecule is CCN1CC2CC(C)c3c(C(=O)NCc4ccc(F)c(F)c4F)c(=O)c(O)c(n32)C1=O. The molecule has 2 aliphatic heterocycles. The highest BCUT2D eigenvalue weighted by atomic mass is 19.2. The fourth-order valence-electron chi connectivity index (χ4n) is 4.49. The number of nitrogens with zero attached hydrogens (tertiary/aromatic N) is 2. The number of hydrogen-bond donors (Lipinski definition) is 2. The fraction of sp³-hybridized carbons (Fsp3) is 0.381. The topological polar surface area (TPSA) is 91.6 Å². The molecule has 31 heavy (non-hydrogen) atoms. The Morgan fingerprint density at radius 3 is 2.61 bits per heavy atom. The molecule has 2 atom stereocenters. The number of rotatable bonds is 4. The molecule has 2 N–H and O–H groups in total. The molecule has 2 amide bonds. The third-order valence-electron chi connectivity index (χ3n) is 5.96. The van der Waals surface area contributed by atoms with Crippen LogP contribution in [0.3, 0.4) is 0 Å². The molecule has 3 heterocycles. The van der Waals surface area contributed by atoms with Crippen LogP contribution in [0.2, 0.25) is 0 Å². The third-order valence-corrected chi connectivity index (χ3v) is 5.96. The van der Waals surface area contributed by atoms with Crippen molar-refractivity contribution in [3.8, 4) is 5.75 Å². The highest BCUT2D eigenvalue weighted by Crippen LogP contribution is 2.42. The standard InChI is InChI=1S/C21H20F3N3O4/c1-3-26-8-11-6-9(2)16-13(18(28)19(29)17(21(26)31)27(11)16)20(30)25-7-10-4-5-12(22)15(24)14(10)23/h4-5,9,11,29H,3,6-8H2,1-2H3,(H,25,30). The molecule has 0 radical (unpaired) electrons. The van der Waals surface area contributed by atoms with Crippen LogP contribution in [-0.2, 0) is 6.54 Å². The van der Waals surface area contributed by atoms with Gasteiger partial charge in [0, 0.05) is 30.9 Å². The minimum atomic E-state index is -1.66. The molecule has 1 aromatic heterocycles. The van der Waals surface area contributed by atoms with E-state index in [9.17, 15) is 32.7 Å². The Morgan fingerprint density at radius 1 is 1.23 bits per heavy atom. The van der Waals surface area contributed by atoms with E-state index in [1.54, 1.807) is 11.5 Å². The van der Waals surface area contributed by atoms with E-state index in [1.165, 1.54) is 4.90 Å². The van der Waals surface area contributed by atoms with E-state index in [4.69, 9.17) is 0 Å². The lowest BCUT2D eigenvalue weighted by atomic mass is 9.99. The van der Waals surface area contributed by atoms with Gasteiger partial charge < -0.3 is 19.9 Å². The van der Waals surface area contributed by atoms with Gasteiger partial charge in [0.2, 0.25) is 5.43 Å². The van der Waals surface area contributed by atoms with Crippen LogP contribution >= 0.6 is 0 Å². The highest BCUT2D eigenvalue weighted by molar-refractivity contribution is 6.00. The van der Waals surface area contributed by atoms with Gasteiger partial charge in [-0.25, -0.2) is 13.2 Å². The molecule has 0 aliphatic carbocycles. The molecule has 2 aliphatic rings. The van der Waals surface area contributed by atoms with Crippen LogP contribution in [0.15, 0.2) is 16.9 Å². The maximum Gasteiger partial charge on any atom is 0.274 e. The van der Waals surface area contributed by atoms with Gasteiger partial charge in [-0.3, -0.25) is 14.4 Å². The zero-order chi connectivity index (χ0) is 22.6. The first-order chi connectivity index (χ1) is 14.7. The number of pyridine rings is 1. The van der Waals surface area contributed by atoms with Crippen molar-refractivity contribution in [3.63, 3.8) is 0 Å². The van der Waals surface area contributed by atoms with E-state index in [0.717, 1.165) is 12.1 Å². The Kier molecular flexibility index (Phi) is 5.03. The molecular weight excluding hydrogens is 415 g/mol. The maximum absolute atomic E-state index is 13.9. The van der Waals surface area contributed by atoms with Crippen molar-refractivity contribution in [1.82, 2.24) is 14.8 Å². The Balaban J connectivity index is 1.75. The molecule has 0 saturated heterocycles. The summed E-state index contributed by atoms with van der Waals surface area (Å²) >= 11 is 0. The summed E-state index contributed by atoms with van der Waals surface area (Å²) in [5.74, 6) is -6.89. The number of hydrogen-bond acceptors (Lipinski definition) is 4. The van der Waals surface area contributed by atoms with Crippen molar-refractivity contribution >= 4 is 11.8 Å². The molecule has 10 heteroatoms. The number of amides is 2. The van der Waals surface area contributed by atoms with E-state index >= 15 is 0 Å². The Bertz CT molecular complexity index is 1180. The van der Waals surface area contributed by atoms with Crippen molar-refractivity contribution in [1.29, 1.82) is 0 Å². The zero-order valence-corrected chi connectivity index (χ0v) is 16.8. The average Bonchev–Trinajstić information content (AvgIpc) is 3.06. The second-order valence-corrected chi connectivity index (χ2v) is 7.81. The molecule has 2 aromatic rings. The van der Waals surface area contributed by atoms with Gasteiger partial charge in [0.25, 0.3) is 11.8 Å². The number of aromatic nitrogens is 1. The summed E-state index contributed by atoms with van der Waals surface area (Å²) in [4.78, 5) is 40.0. The van der Waals surface area contributed by atoms with E-state index in [1.807, 2.05) is 6.92 Å². The molecule has 0 bridgehead atoms. The van der Waals surface area contributed by atoms with Crippen LogP contribution in [0, 0.1) is 17.5 Å². The number of nitrogens with one attached hydrogen (secondary N) is 1. The van der Waals surface area contributed by atoms with Gasteiger partial charge in [0.1, 0.15) is 5.56 Å². The number of carbonyl (C=O) groups excluding carboxylic acids is 2. The maximum atomic E-state index is 13.9. The average molecular weight is 435 g/mol. The van der Waals surface area contributed by atoms with Gasteiger partial charge in [-0.1, -0.05) is 13.0 Å². The van der Waals surface area contributed by atoms with Crippen LogP contribution in [0.1, 0.15) is 64.3 Å². The van der Waals surface area contributed by atoms with Crippen LogP contribution in [0.4, 0.5) is 13.2 Å². The van der Waals surface area contributed by atoms with Crippen LogP contribution in [0.25, 0.3) is 0 Å². The van der Waals surface area contributed by atoms with Gasteiger partial charge in [-0.05, 0) is 25.3 Å². The van der Waals surface area contributed by atoms with Crippen molar-refractivity contribution in [2.75, 3.05) is 13.1 Å². The summed E-state index contributed by atoms with van der Waals surface area (Å²) in [6.07, 6.45) is 0.567. The number of benzene rings is 1. The van der Waals surface area contributed by atoms with Crippen LogP contribution < -0.4 is 10.7 Å². The predicted octanol–water partition coefficient (Wildman–Crippen LogP) is 2.43. The molecule has 164 valence electrons. The number of halogens is 3. The summed E-state index contributed by atoms with van der Waals surface area (Å²) in [7, 11) is 0. The first kappa shape index (κ1) is 21.0. The van der Waals surface area contributed by atoms with Gasteiger partial charge in [0.15, 0.2) is 28.9 Å². The van der Waals surface area contributed by atoms with Crippen LogP contribution in [-0.4, -0.2) is 39.5 Å². The van der Waals surface area contributed by atoms with Crippen molar-refractivity contribution in [3.05, 3.63) is 62.3 Å². The summed E-state index contributed by atoms with van der Waals surface area (Å²) in [6.45, 7) is 3.91. The van der Waals surface area contributed by atoms with E-state index in [2.05, 4.69) is 5.32 Å². The summed E-state index contributed by atoms with van der Waals surface area (Å²) < 4.78 is 42.0. The fourth-order valence-corrected chi connectivity index (χ4v) is 4.49. The Labute approximate surface area is 175 Å². The molecule has 4 rings (SSSR count). The normalized spacial score (nSPS) is 19.5. The smallest absolute Gasteiger partial charge is 0.274 e. The summed E-state index contributed by atoms with van der Waals surface area (Å²) in [5, 5.41) is 12.8. The van der Waals surface area contributed by atoms with Crippen molar-refractivity contribution in [2.24, 2.45) is 0 Å². The summed E-state index contributed by atoms with van der Waals surface area (Å²) in [5.41, 5.74) is -1.44. The minimum Gasteiger partial charge on any atom is -0.503 e. The Morgan fingerprint density at radius 2 is 1.94 bits per heavy atom. The van der Waals surface area contributed by atoms with Gasteiger partial charge >= 0.3 is 0 Å². The molecule has 2 unspecified atom stereocenters. The summed E-state index contributed by atoms with van der Waals surface area (Å²) in [6, 6.07) is 1.52. The third kappa shape index (κ3) is 3.08. The quantitative estimate of drug-likeness (QED) is 0.722. The molecular formula is C21H20F3N3O4. The lowest BCUT2D eigenvalue weighted by Gasteiger charge is -2.34. The number of carbonyl (C=O) groups is 2. The van der Waals surface area contributed by atoms with Gasteiger partial charge in [-0.2, -0.15) is 0 Å². The number of likely N-dealkylation sites (N-methyl/N-ethyl adjacent to an activating group) is 1. The first-order valence-electron chi connectivity index (χ1n) is 9.88. The van der Waals surface area contributed by atoms with Crippen LogP contribution in [0.5, 0.6) is 5.75 Å². The molecule has 7 nitrogen and oxygen atoms in total. The second kappa shape index (κ2) is 7.44. The second-order valence-electron chi connectivity index (χ2n) is 7.81. The highest BCUT2D eigenvalue weighted by Gasteiger charge is 2.43. The minimum absolute atomic E-state index is 0.134. The molecule has 0 fully saturated rings. The van der Waals surface area contributed by atoms with E-state index < -0.39 is 47.0 Å². The van der Waals surface area contributed by atoms with Gasteiger partial charge in [0.05, 0.1) is 6.04 Å². The Hall–Kier alpha value is -3.30. The largest absolute Gasteiger partial charge is 0.503 e. The molecule has 0 saturated carbocycles. The predicted molar refractivity (Wildman–Crippen MR) is 103 cm³/mol. The van der Waals surface area contributed by atoms with Crippen molar-refractivity contribution < 1.29 is 27.9 Å². The monoisotopic (exact) mass is 435 g/mol. The number of aromatic hydroxyl groups is 1. The van der Waals surface area contributed by atoms with E-state index in [0.29, 0.717) is 25.2 Å². The van der Waals surface area contributed by atoms with Gasteiger partial charge in [-0.15, -0.1) is 0 Å². The molecule has 1 aromatic carbocycles. The van der Waals surface area contributed by atoms with Crippen molar-refractivity contribution in [2.45, 2.75) is 38.8 Å². The zero-order valence-electron chi connectivity index (χ0n) is 16.8. The first-order valence-corrected chi connectivity index (χ1v) is 9.88. The molecule has 0 spiro atoms. The van der Waals surface area contributed by atoms with E-state index in [-0.39, 0.29) is 28.8 Å². The lowest BCUT2D eigenvalue weighted by Crippen LogP contribution is -2.44. The lowest BCUT2D eigenvalue weighted by molar-refractivity contribution is 0.0675.